The standard InChI is InChI=1S/C44H56N12O6S/c1-29-30(2)63-44(48-29)52-41(59)34-11-7-8-12-35(34)49-38(57)15-21-61-23-24-62-22-16-45-39(58)28-54-17-19-55(20-18-54)33-13-14-37(46-27-33)50-43-47-26-31-25-36(42(60)53(3)4)56(40(31)51-43)32-9-5-6-10-32/h7-8,11-14,25-27,32H,5-6,9-10,15-24,28H2,1-4H3,(H,45,58)(H,49,57)(H,48,52,59)(H,46,47,50,51). The number of hydrogen-bond donors (Lipinski definition) is 4. The number of aromatic nitrogens is 5. The first-order valence-electron chi connectivity index (χ1n) is 21.4. The van der Waals surface area contributed by atoms with Crippen LogP contribution in [0.5, 0.6) is 0 Å². The molecule has 0 unspecified atom stereocenters. The molecule has 4 aromatic heterocycles. The maximum atomic E-state index is 13.1. The molecule has 334 valence electrons. The van der Waals surface area contributed by atoms with Crippen LogP contribution in [0, 0.1) is 13.8 Å². The molecule has 0 radical (unpaired) electrons. The molecule has 4 N–H and O–H groups in total. The minimum absolute atomic E-state index is 0.0436. The molecule has 1 saturated carbocycles. The Morgan fingerprint density at radius 1 is 0.857 bits per heavy atom. The number of carbonyl (C=O) groups excluding carboxylic acids is 4. The summed E-state index contributed by atoms with van der Waals surface area (Å²) in [5.41, 5.74) is 4.00. The first kappa shape index (κ1) is 45.0. The molecule has 1 aliphatic heterocycles. The van der Waals surface area contributed by atoms with Crippen molar-refractivity contribution in [1.82, 2.24) is 39.6 Å². The molecule has 2 aliphatic rings. The highest BCUT2D eigenvalue weighted by molar-refractivity contribution is 7.15. The number of anilines is 5. The Bertz CT molecular complexity index is 2350. The third kappa shape index (κ3) is 11.9. The molecule has 2 fully saturated rings. The highest BCUT2D eigenvalue weighted by atomic mass is 32.1. The maximum Gasteiger partial charge on any atom is 0.270 e. The van der Waals surface area contributed by atoms with Crippen LogP contribution in [0.4, 0.5) is 28.3 Å². The second-order valence-corrected chi connectivity index (χ2v) is 17.0. The summed E-state index contributed by atoms with van der Waals surface area (Å²) in [6.07, 6.45) is 8.02. The van der Waals surface area contributed by atoms with Gasteiger partial charge >= 0.3 is 0 Å². The molecule has 7 rings (SSSR count). The van der Waals surface area contributed by atoms with Crippen LogP contribution in [0.15, 0.2) is 54.9 Å². The maximum absolute atomic E-state index is 13.1. The summed E-state index contributed by atoms with van der Waals surface area (Å²) in [5, 5.41) is 13.1. The molecular formula is C44H56N12O6S. The van der Waals surface area contributed by atoms with E-state index in [9.17, 15) is 19.2 Å². The molecule has 0 spiro atoms. The van der Waals surface area contributed by atoms with E-state index in [1.807, 2.05) is 38.2 Å². The minimum atomic E-state index is -0.350. The zero-order valence-corrected chi connectivity index (χ0v) is 37.1. The number of thiazole rings is 1. The number of hydrogen-bond acceptors (Lipinski definition) is 14. The lowest BCUT2D eigenvalue weighted by Crippen LogP contribution is -2.49. The molecule has 1 saturated heterocycles. The second kappa shape index (κ2) is 21.4. The normalized spacial score (nSPS) is 14.5. The van der Waals surface area contributed by atoms with Gasteiger partial charge in [0.2, 0.25) is 17.8 Å². The van der Waals surface area contributed by atoms with Gasteiger partial charge in [-0.15, -0.1) is 11.3 Å². The molecule has 1 aromatic carbocycles. The molecule has 5 aromatic rings. The largest absolute Gasteiger partial charge is 0.379 e. The fraction of sp³-hybridized carbons (Fsp3) is 0.455. The van der Waals surface area contributed by atoms with Gasteiger partial charge in [-0.25, -0.2) is 15.0 Å². The Labute approximate surface area is 370 Å². The van der Waals surface area contributed by atoms with Crippen molar-refractivity contribution in [3.05, 3.63) is 76.7 Å². The van der Waals surface area contributed by atoms with Crippen LogP contribution in [-0.2, 0) is 19.1 Å². The van der Waals surface area contributed by atoms with E-state index in [0.717, 1.165) is 79.2 Å². The summed E-state index contributed by atoms with van der Waals surface area (Å²) in [7, 11) is 3.53. The number of fused-ring (bicyclic) bond motifs is 1. The summed E-state index contributed by atoms with van der Waals surface area (Å²) in [4.78, 5) is 76.5. The average Bonchev–Trinajstić information content (AvgIpc) is 4.02. The molecule has 0 bridgehead atoms. The number of amides is 4. The van der Waals surface area contributed by atoms with Crippen molar-refractivity contribution in [3.63, 3.8) is 0 Å². The van der Waals surface area contributed by atoms with Gasteiger partial charge in [0.25, 0.3) is 11.8 Å². The number of rotatable bonds is 19. The van der Waals surface area contributed by atoms with Gasteiger partial charge in [-0.05, 0) is 57.0 Å². The van der Waals surface area contributed by atoms with E-state index >= 15 is 0 Å². The van der Waals surface area contributed by atoms with Crippen LogP contribution in [0.1, 0.15) is 69.6 Å². The summed E-state index contributed by atoms with van der Waals surface area (Å²) in [6.45, 7) is 8.66. The van der Waals surface area contributed by atoms with E-state index in [0.29, 0.717) is 66.8 Å². The Kier molecular flexibility index (Phi) is 15.3. The number of ether oxygens (including phenoxy) is 2. The van der Waals surface area contributed by atoms with E-state index in [4.69, 9.17) is 14.5 Å². The molecule has 1 aliphatic carbocycles. The second-order valence-electron chi connectivity index (χ2n) is 15.8. The van der Waals surface area contributed by atoms with Crippen molar-refractivity contribution >= 4 is 74.3 Å². The van der Waals surface area contributed by atoms with Gasteiger partial charge in [0.1, 0.15) is 17.2 Å². The number of nitrogens with one attached hydrogen (secondary N) is 4. The number of pyridine rings is 1. The fourth-order valence-corrected chi connectivity index (χ4v) is 8.43. The SMILES string of the molecule is Cc1nc(NC(=O)c2ccccc2NC(=O)CCOCCOCCNC(=O)CN2CCN(c3ccc(Nc4ncc5cc(C(=O)N(C)C)n(C6CCCC6)c5n4)nc3)CC2)sc1C. The van der Waals surface area contributed by atoms with E-state index in [1.165, 1.54) is 11.3 Å². The highest BCUT2D eigenvalue weighted by Gasteiger charge is 2.27. The van der Waals surface area contributed by atoms with Crippen molar-refractivity contribution in [1.29, 1.82) is 0 Å². The fourth-order valence-electron chi connectivity index (χ4n) is 7.62. The van der Waals surface area contributed by atoms with E-state index in [2.05, 4.69) is 50.6 Å². The van der Waals surface area contributed by atoms with Gasteiger partial charge in [0, 0.05) is 69.3 Å². The monoisotopic (exact) mass is 880 g/mol. The predicted octanol–water partition coefficient (Wildman–Crippen LogP) is 5.01. The highest BCUT2D eigenvalue weighted by Crippen LogP contribution is 2.35. The quantitative estimate of drug-likeness (QED) is 0.0808. The summed E-state index contributed by atoms with van der Waals surface area (Å²) in [6, 6.07) is 12.9. The first-order valence-corrected chi connectivity index (χ1v) is 22.2. The van der Waals surface area contributed by atoms with Crippen LogP contribution in [-0.4, -0.2) is 138 Å². The smallest absolute Gasteiger partial charge is 0.270 e. The van der Waals surface area contributed by atoms with Crippen molar-refractivity contribution in [2.45, 2.75) is 52.0 Å². The lowest BCUT2D eigenvalue weighted by Gasteiger charge is -2.35. The van der Waals surface area contributed by atoms with Crippen LogP contribution in [0.2, 0.25) is 0 Å². The van der Waals surface area contributed by atoms with E-state index in [-0.39, 0.29) is 42.7 Å². The number of carbonyl (C=O) groups is 4. The van der Waals surface area contributed by atoms with Crippen LogP contribution < -0.4 is 26.2 Å². The van der Waals surface area contributed by atoms with Gasteiger partial charge < -0.3 is 39.8 Å². The Balaban J connectivity index is 0.752. The Morgan fingerprint density at radius 2 is 1.62 bits per heavy atom. The minimum Gasteiger partial charge on any atom is -0.379 e. The van der Waals surface area contributed by atoms with Gasteiger partial charge in [0.15, 0.2) is 5.13 Å². The number of para-hydroxylation sites is 1. The first-order chi connectivity index (χ1) is 30.5. The molecule has 18 nitrogen and oxygen atoms in total. The Morgan fingerprint density at radius 3 is 2.33 bits per heavy atom. The van der Waals surface area contributed by atoms with Crippen molar-refractivity contribution < 1.29 is 28.7 Å². The van der Waals surface area contributed by atoms with Gasteiger partial charge in [-0.1, -0.05) is 25.0 Å². The molecule has 19 heteroatoms. The van der Waals surface area contributed by atoms with Crippen molar-refractivity contribution in [2.75, 3.05) is 101 Å². The number of aryl methyl sites for hydroxylation is 2. The van der Waals surface area contributed by atoms with Crippen molar-refractivity contribution in [2.24, 2.45) is 0 Å². The number of piperazine rings is 1. The van der Waals surface area contributed by atoms with Gasteiger partial charge in [-0.2, -0.15) is 4.98 Å². The average molecular weight is 881 g/mol. The summed E-state index contributed by atoms with van der Waals surface area (Å²) >= 11 is 1.40. The lowest BCUT2D eigenvalue weighted by atomic mass is 10.1. The predicted molar refractivity (Wildman–Crippen MR) is 243 cm³/mol. The number of benzene rings is 1. The van der Waals surface area contributed by atoms with E-state index < -0.39 is 0 Å². The van der Waals surface area contributed by atoms with Gasteiger partial charge in [0.05, 0.1) is 68.2 Å². The third-order valence-electron chi connectivity index (χ3n) is 11.1. The molecule has 0 atom stereocenters. The number of nitrogens with zero attached hydrogens (tertiary/aromatic N) is 8. The van der Waals surface area contributed by atoms with Crippen LogP contribution >= 0.6 is 11.3 Å². The summed E-state index contributed by atoms with van der Waals surface area (Å²) in [5.74, 6) is 0.315. The van der Waals surface area contributed by atoms with Crippen molar-refractivity contribution in [3.8, 4) is 0 Å². The van der Waals surface area contributed by atoms with Gasteiger partial charge in [-0.3, -0.25) is 29.4 Å². The summed E-state index contributed by atoms with van der Waals surface area (Å²) < 4.78 is 13.3. The third-order valence-corrected chi connectivity index (χ3v) is 12.1. The Hall–Kier alpha value is -6.02. The van der Waals surface area contributed by atoms with Crippen LogP contribution in [0.25, 0.3) is 11.0 Å². The van der Waals surface area contributed by atoms with E-state index in [1.54, 1.807) is 49.5 Å². The van der Waals surface area contributed by atoms with Crippen LogP contribution in [0.3, 0.4) is 0 Å². The lowest BCUT2D eigenvalue weighted by molar-refractivity contribution is -0.122. The molecule has 4 amide bonds. The molecule has 5 heterocycles. The topological polar surface area (TPSA) is 201 Å². The zero-order valence-electron chi connectivity index (χ0n) is 36.3. The molecule has 63 heavy (non-hydrogen) atoms. The zero-order chi connectivity index (χ0) is 44.3. The molecular weight excluding hydrogens is 825 g/mol.